The number of ether oxygens (including phenoxy) is 3. The number of pyridine rings is 2. The summed E-state index contributed by atoms with van der Waals surface area (Å²) in [5.74, 6) is -1.31. The van der Waals surface area contributed by atoms with Gasteiger partial charge in [0, 0.05) is 30.0 Å². The molecule has 33 heavy (non-hydrogen) atoms. The molecule has 0 bridgehead atoms. The standard InChI is InChI=1S/C25H24N2O6/c1-4-10-31-23-16-11-15-8-6-7-9-19(15)26-21(16)20-12-18-17(22(29)27(20)23)13-32-24(30)25(18,5-2)33-14(3)28/h6-9,11-12,23H,4-5,10,13H2,1-3H3/t23?,25-/m0/s1. The number of benzene rings is 1. The Morgan fingerprint density at radius 1 is 1.24 bits per heavy atom. The zero-order chi connectivity index (χ0) is 23.3. The number of para-hydroxylation sites is 1. The number of aromatic nitrogens is 2. The van der Waals surface area contributed by atoms with Gasteiger partial charge in [-0.15, -0.1) is 0 Å². The molecule has 2 aromatic heterocycles. The molecule has 0 saturated heterocycles. The maximum Gasteiger partial charge on any atom is 0.355 e. The van der Waals surface area contributed by atoms with E-state index in [1.165, 1.54) is 6.92 Å². The molecule has 0 radical (unpaired) electrons. The van der Waals surface area contributed by atoms with Crippen LogP contribution in [0.5, 0.6) is 0 Å². The Balaban J connectivity index is 1.82. The van der Waals surface area contributed by atoms with Crippen molar-refractivity contribution in [2.75, 3.05) is 6.61 Å². The Hall–Kier alpha value is -3.52. The molecule has 1 unspecified atom stereocenters. The summed E-state index contributed by atoms with van der Waals surface area (Å²) < 4.78 is 18.5. The average Bonchev–Trinajstić information content (AvgIpc) is 3.10. The first-order valence-electron chi connectivity index (χ1n) is 11.1. The number of nitrogens with zero attached hydrogens (tertiary/aromatic N) is 2. The molecule has 0 N–H and O–H groups in total. The second-order valence-electron chi connectivity index (χ2n) is 8.29. The van der Waals surface area contributed by atoms with Crippen LogP contribution in [0, 0.1) is 0 Å². The summed E-state index contributed by atoms with van der Waals surface area (Å²) in [4.78, 5) is 43.3. The highest BCUT2D eigenvalue weighted by molar-refractivity contribution is 5.88. The van der Waals surface area contributed by atoms with Gasteiger partial charge in [0.1, 0.15) is 6.61 Å². The number of fused-ring (bicyclic) bond motifs is 5. The van der Waals surface area contributed by atoms with E-state index in [4.69, 9.17) is 19.2 Å². The third-order valence-corrected chi connectivity index (χ3v) is 6.25. The molecular weight excluding hydrogens is 424 g/mol. The van der Waals surface area contributed by atoms with E-state index in [1.807, 2.05) is 37.3 Å². The highest BCUT2D eigenvalue weighted by Gasteiger charge is 2.50. The van der Waals surface area contributed by atoms with Crippen molar-refractivity contribution in [2.24, 2.45) is 0 Å². The van der Waals surface area contributed by atoms with Crippen LogP contribution in [0.3, 0.4) is 0 Å². The van der Waals surface area contributed by atoms with Crippen molar-refractivity contribution in [1.29, 1.82) is 0 Å². The van der Waals surface area contributed by atoms with Crippen LogP contribution in [0.15, 0.2) is 41.2 Å². The van der Waals surface area contributed by atoms with Gasteiger partial charge in [-0.05, 0) is 31.0 Å². The number of carbonyl (C=O) groups excluding carboxylic acids is 2. The van der Waals surface area contributed by atoms with E-state index < -0.39 is 23.8 Å². The summed E-state index contributed by atoms with van der Waals surface area (Å²) in [5, 5.41) is 0.938. The predicted molar refractivity (Wildman–Crippen MR) is 119 cm³/mol. The van der Waals surface area contributed by atoms with Gasteiger partial charge in [0.2, 0.25) is 5.60 Å². The Morgan fingerprint density at radius 2 is 2.03 bits per heavy atom. The van der Waals surface area contributed by atoms with Crippen molar-refractivity contribution in [2.45, 2.75) is 52.0 Å². The van der Waals surface area contributed by atoms with Crippen LogP contribution in [0.1, 0.15) is 56.5 Å². The normalized spacial score (nSPS) is 20.7. The zero-order valence-electron chi connectivity index (χ0n) is 18.7. The Morgan fingerprint density at radius 3 is 2.76 bits per heavy atom. The van der Waals surface area contributed by atoms with Gasteiger partial charge >= 0.3 is 11.9 Å². The van der Waals surface area contributed by atoms with Crippen LogP contribution in [-0.4, -0.2) is 28.1 Å². The van der Waals surface area contributed by atoms with Crippen LogP contribution in [0.4, 0.5) is 0 Å². The lowest BCUT2D eigenvalue weighted by molar-refractivity contribution is -0.188. The van der Waals surface area contributed by atoms with Crippen molar-refractivity contribution in [3.8, 4) is 11.4 Å². The lowest BCUT2D eigenvalue weighted by atomic mass is 9.85. The summed E-state index contributed by atoms with van der Waals surface area (Å²) >= 11 is 0. The number of carbonyl (C=O) groups is 2. The fourth-order valence-corrected chi connectivity index (χ4v) is 4.75. The largest absolute Gasteiger partial charge is 0.457 e. The summed E-state index contributed by atoms with van der Waals surface area (Å²) in [5.41, 5.74) is 1.32. The molecule has 0 fully saturated rings. The van der Waals surface area contributed by atoms with Crippen molar-refractivity contribution < 1.29 is 23.8 Å². The highest BCUT2D eigenvalue weighted by Crippen LogP contribution is 2.44. The molecule has 4 heterocycles. The van der Waals surface area contributed by atoms with E-state index in [1.54, 1.807) is 17.6 Å². The molecule has 0 aliphatic carbocycles. The summed E-state index contributed by atoms with van der Waals surface area (Å²) in [7, 11) is 0. The third kappa shape index (κ3) is 3.08. The molecule has 5 rings (SSSR count). The van der Waals surface area contributed by atoms with Crippen LogP contribution in [0.25, 0.3) is 22.3 Å². The molecule has 8 nitrogen and oxygen atoms in total. The number of hydrogen-bond acceptors (Lipinski definition) is 7. The minimum absolute atomic E-state index is 0.134. The first kappa shape index (κ1) is 21.3. The van der Waals surface area contributed by atoms with Crippen molar-refractivity contribution >= 4 is 22.8 Å². The fraction of sp³-hybridized carbons (Fsp3) is 0.360. The molecule has 2 aliphatic rings. The molecule has 0 saturated carbocycles. The topological polar surface area (TPSA) is 96.7 Å². The van der Waals surface area contributed by atoms with E-state index in [9.17, 15) is 14.4 Å². The maximum atomic E-state index is 13.8. The van der Waals surface area contributed by atoms with Gasteiger partial charge in [-0.3, -0.25) is 14.2 Å². The maximum absolute atomic E-state index is 13.8. The Kier molecular flexibility index (Phi) is 5.05. The van der Waals surface area contributed by atoms with Gasteiger partial charge < -0.3 is 14.2 Å². The number of cyclic esters (lactones) is 1. The molecule has 8 heteroatoms. The van der Waals surface area contributed by atoms with Gasteiger partial charge in [-0.2, -0.15) is 0 Å². The number of hydrogen-bond donors (Lipinski definition) is 0. The smallest absolute Gasteiger partial charge is 0.355 e. The average molecular weight is 448 g/mol. The minimum Gasteiger partial charge on any atom is -0.457 e. The van der Waals surface area contributed by atoms with Gasteiger partial charge in [-0.25, -0.2) is 9.78 Å². The van der Waals surface area contributed by atoms with E-state index >= 15 is 0 Å². The van der Waals surface area contributed by atoms with Gasteiger partial charge in [0.25, 0.3) is 5.56 Å². The van der Waals surface area contributed by atoms with Crippen molar-refractivity contribution in [1.82, 2.24) is 9.55 Å². The first-order chi connectivity index (χ1) is 15.9. The monoisotopic (exact) mass is 448 g/mol. The molecule has 3 aromatic rings. The number of esters is 2. The summed E-state index contributed by atoms with van der Waals surface area (Å²) in [6.07, 6.45) is 0.271. The lowest BCUT2D eigenvalue weighted by Gasteiger charge is -2.35. The van der Waals surface area contributed by atoms with E-state index in [-0.39, 0.29) is 24.2 Å². The van der Waals surface area contributed by atoms with Gasteiger partial charge in [-0.1, -0.05) is 32.0 Å². The number of rotatable bonds is 5. The van der Waals surface area contributed by atoms with Gasteiger partial charge in [0.05, 0.1) is 22.5 Å². The Labute approximate surface area is 190 Å². The van der Waals surface area contributed by atoms with Crippen LogP contribution >= 0.6 is 0 Å². The fourth-order valence-electron chi connectivity index (χ4n) is 4.75. The van der Waals surface area contributed by atoms with E-state index in [0.29, 0.717) is 23.6 Å². The zero-order valence-corrected chi connectivity index (χ0v) is 18.7. The minimum atomic E-state index is -1.67. The van der Waals surface area contributed by atoms with E-state index in [0.717, 1.165) is 22.9 Å². The summed E-state index contributed by atoms with van der Waals surface area (Å²) in [6, 6.07) is 11.4. The third-order valence-electron chi connectivity index (χ3n) is 6.25. The molecular formula is C25H24N2O6. The van der Waals surface area contributed by atoms with Crippen molar-refractivity contribution in [3.05, 3.63) is 63.4 Å². The molecule has 0 amide bonds. The van der Waals surface area contributed by atoms with Crippen LogP contribution in [-0.2, 0) is 36.0 Å². The second kappa shape index (κ2) is 7.81. The quantitative estimate of drug-likeness (QED) is 0.551. The Bertz CT molecular complexity index is 1360. The first-order valence-corrected chi connectivity index (χ1v) is 11.1. The molecule has 170 valence electrons. The van der Waals surface area contributed by atoms with Crippen LogP contribution in [0.2, 0.25) is 0 Å². The van der Waals surface area contributed by atoms with Gasteiger partial charge in [0.15, 0.2) is 6.23 Å². The van der Waals surface area contributed by atoms with E-state index in [2.05, 4.69) is 0 Å². The molecule has 0 spiro atoms. The molecule has 2 aliphatic heterocycles. The summed E-state index contributed by atoms with van der Waals surface area (Å²) in [6.45, 7) is 5.22. The molecule has 2 atom stereocenters. The predicted octanol–water partition coefficient (Wildman–Crippen LogP) is 3.58. The van der Waals surface area contributed by atoms with Crippen molar-refractivity contribution in [3.63, 3.8) is 0 Å². The second-order valence-corrected chi connectivity index (χ2v) is 8.29. The lowest BCUT2D eigenvalue weighted by Crippen LogP contribution is -2.47. The SMILES string of the molecule is CCCOC1c2cc3ccccc3nc2-c2cc3c(c(=O)n21)COC(=O)[C@@]3(CC)OC(C)=O. The highest BCUT2D eigenvalue weighted by atomic mass is 16.6. The van der Waals surface area contributed by atoms with Crippen LogP contribution < -0.4 is 5.56 Å². The molecule has 1 aromatic carbocycles.